The molecule has 0 amide bonds. The number of rotatable bonds is 9. The summed E-state index contributed by atoms with van der Waals surface area (Å²) in [6.07, 6.45) is -6.38. The lowest BCUT2D eigenvalue weighted by Gasteiger charge is -2.31. The van der Waals surface area contributed by atoms with Gasteiger partial charge in [0.2, 0.25) is 0 Å². The van der Waals surface area contributed by atoms with Gasteiger partial charge in [0, 0.05) is 27.7 Å². The van der Waals surface area contributed by atoms with Crippen LogP contribution in [0.2, 0.25) is 0 Å². The van der Waals surface area contributed by atoms with Crippen LogP contribution in [0.4, 0.5) is 13.2 Å². The average molecular weight is 473 g/mol. The summed E-state index contributed by atoms with van der Waals surface area (Å²) < 4.78 is 61.6. The summed E-state index contributed by atoms with van der Waals surface area (Å²) >= 11 is 0. The van der Waals surface area contributed by atoms with E-state index >= 15 is 0 Å². The van der Waals surface area contributed by atoms with Crippen LogP contribution in [0.15, 0.2) is 42.5 Å². The number of alkyl halides is 3. The Bertz CT molecular complexity index is 1070. The van der Waals surface area contributed by atoms with Crippen molar-refractivity contribution in [3.05, 3.63) is 59.2 Å². The Morgan fingerprint density at radius 2 is 1.72 bits per heavy atom. The first-order chi connectivity index (χ1) is 14.7. The largest absolute Gasteiger partial charge is 0.480 e. The number of nitrogens with one attached hydrogen (secondary N) is 1. The number of aliphatic carboxylic acids is 1. The van der Waals surface area contributed by atoms with Gasteiger partial charge in [0.1, 0.15) is 6.04 Å². The molecule has 176 valence electrons. The normalized spacial score (nSPS) is 16.7. The molecule has 5 N–H and O–H groups in total. The molecule has 0 radical (unpaired) electrons. The molecule has 3 atom stereocenters. The van der Waals surface area contributed by atoms with E-state index in [1.165, 1.54) is 24.3 Å². The summed E-state index contributed by atoms with van der Waals surface area (Å²) in [7, 11) is -3.58. The predicted molar refractivity (Wildman–Crippen MR) is 117 cm³/mol. The van der Waals surface area contributed by atoms with E-state index in [2.05, 4.69) is 0 Å². The van der Waals surface area contributed by atoms with Gasteiger partial charge in [-0.1, -0.05) is 48.0 Å². The van der Waals surface area contributed by atoms with E-state index in [4.69, 9.17) is 15.6 Å². The van der Waals surface area contributed by atoms with E-state index in [9.17, 15) is 27.3 Å². The Hall–Kier alpha value is -2.43. The first-order valence-electron chi connectivity index (χ1n) is 9.86. The van der Waals surface area contributed by atoms with Gasteiger partial charge in [-0.3, -0.25) is 9.57 Å². The van der Waals surface area contributed by atoms with Crippen molar-refractivity contribution < 1.29 is 32.4 Å². The zero-order valence-corrected chi connectivity index (χ0v) is 18.6. The molecule has 0 bridgehead atoms. The minimum atomic E-state index is -5.07. The van der Waals surface area contributed by atoms with Crippen LogP contribution in [-0.2, 0) is 20.1 Å². The third kappa shape index (κ3) is 6.08. The van der Waals surface area contributed by atoms with Crippen LogP contribution in [0.25, 0.3) is 11.1 Å². The number of hydrogen-bond acceptors (Lipinski definition) is 5. The zero-order valence-electron chi connectivity index (χ0n) is 17.8. The predicted octanol–water partition coefficient (Wildman–Crippen LogP) is 3.96. The van der Waals surface area contributed by atoms with Crippen LogP contribution >= 0.6 is 0 Å². The SMILES string of the molecule is Cc1ccc(-c2ccc(C(O)(CCS(=N)(=O)CC[C@H](N)C(=O)O)C(F)(F)F)cc2)c(C)c1. The summed E-state index contributed by atoms with van der Waals surface area (Å²) in [6.45, 7) is 3.83. The third-order valence-electron chi connectivity index (χ3n) is 5.39. The summed E-state index contributed by atoms with van der Waals surface area (Å²) in [5.41, 5.74) is 5.13. The maximum atomic E-state index is 13.8. The first-order valence-corrected chi connectivity index (χ1v) is 11.8. The van der Waals surface area contributed by atoms with Crippen molar-refractivity contribution in [2.45, 2.75) is 44.5 Å². The Balaban J connectivity index is 2.26. The molecule has 6 nitrogen and oxygen atoms in total. The molecule has 2 aromatic carbocycles. The van der Waals surface area contributed by atoms with Crippen LogP contribution in [0.1, 0.15) is 29.5 Å². The highest BCUT2D eigenvalue weighted by atomic mass is 32.2. The van der Waals surface area contributed by atoms with Crippen LogP contribution in [-0.4, -0.2) is 44.1 Å². The Morgan fingerprint density at radius 3 is 2.22 bits per heavy atom. The molecule has 10 heteroatoms. The number of benzene rings is 2. The molecule has 0 aromatic heterocycles. The van der Waals surface area contributed by atoms with Gasteiger partial charge in [-0.15, -0.1) is 0 Å². The highest BCUT2D eigenvalue weighted by molar-refractivity contribution is 7.92. The molecule has 0 saturated heterocycles. The van der Waals surface area contributed by atoms with E-state index in [1.807, 2.05) is 32.0 Å². The van der Waals surface area contributed by atoms with Crippen LogP contribution in [0.5, 0.6) is 0 Å². The second-order valence-corrected chi connectivity index (χ2v) is 10.4. The zero-order chi connectivity index (χ0) is 24.3. The number of nitrogens with two attached hydrogens (primary N) is 1. The van der Waals surface area contributed by atoms with Gasteiger partial charge in [0.15, 0.2) is 5.60 Å². The van der Waals surface area contributed by atoms with Crippen molar-refractivity contribution >= 4 is 15.7 Å². The fraction of sp³-hybridized carbons (Fsp3) is 0.409. The molecule has 32 heavy (non-hydrogen) atoms. The number of aryl methyl sites for hydroxylation is 2. The lowest BCUT2D eigenvalue weighted by Crippen LogP contribution is -2.44. The fourth-order valence-electron chi connectivity index (χ4n) is 3.37. The second-order valence-electron chi connectivity index (χ2n) is 7.96. The fourth-order valence-corrected chi connectivity index (χ4v) is 4.83. The van der Waals surface area contributed by atoms with Crippen molar-refractivity contribution in [2.75, 3.05) is 11.5 Å². The maximum Gasteiger partial charge on any atom is 0.421 e. The van der Waals surface area contributed by atoms with Gasteiger partial charge in [-0.2, -0.15) is 13.2 Å². The topological polar surface area (TPSA) is 124 Å². The van der Waals surface area contributed by atoms with Crippen LogP contribution < -0.4 is 5.73 Å². The highest BCUT2D eigenvalue weighted by Gasteiger charge is 2.54. The van der Waals surface area contributed by atoms with Gasteiger partial charge < -0.3 is 15.9 Å². The maximum absolute atomic E-state index is 13.8. The average Bonchev–Trinajstić information content (AvgIpc) is 2.69. The molecule has 0 aliphatic rings. The van der Waals surface area contributed by atoms with Gasteiger partial charge in [0.05, 0.1) is 0 Å². The third-order valence-corrected chi connectivity index (χ3v) is 7.15. The Labute approximate surface area is 185 Å². The lowest BCUT2D eigenvalue weighted by molar-refractivity contribution is -0.267. The lowest BCUT2D eigenvalue weighted by atomic mass is 9.88. The van der Waals surface area contributed by atoms with E-state index in [-0.39, 0.29) is 6.42 Å². The summed E-state index contributed by atoms with van der Waals surface area (Å²) in [4.78, 5) is 10.7. The number of hydrogen-bond donors (Lipinski definition) is 4. The van der Waals surface area contributed by atoms with Crippen molar-refractivity contribution in [3.8, 4) is 11.1 Å². The minimum absolute atomic E-state index is 0.313. The van der Waals surface area contributed by atoms with Crippen molar-refractivity contribution in [1.82, 2.24) is 0 Å². The van der Waals surface area contributed by atoms with Gasteiger partial charge in [-0.25, -0.2) is 4.21 Å². The number of carboxylic acids is 1. The second kappa shape index (κ2) is 9.60. The summed E-state index contributed by atoms with van der Waals surface area (Å²) in [5.74, 6) is -2.58. The molecule has 0 aliphatic heterocycles. The molecular weight excluding hydrogens is 445 g/mol. The quantitative estimate of drug-likeness (QED) is 0.440. The molecule has 2 rings (SSSR count). The first kappa shape index (κ1) is 25.8. The van der Waals surface area contributed by atoms with Crippen molar-refractivity contribution in [3.63, 3.8) is 0 Å². The van der Waals surface area contributed by atoms with Crippen molar-refractivity contribution in [2.24, 2.45) is 5.73 Å². The van der Waals surface area contributed by atoms with E-state index < -0.39 is 57.0 Å². The monoisotopic (exact) mass is 472 g/mol. The molecule has 0 heterocycles. The molecule has 0 spiro atoms. The molecule has 0 fully saturated rings. The molecule has 0 aliphatic carbocycles. The van der Waals surface area contributed by atoms with E-state index in [0.717, 1.165) is 16.7 Å². The standard InChI is InChI=1S/C22H27F3N2O4S/c1-14-3-8-18(15(2)13-14)16-4-6-17(7-5-16)21(30,22(23,24)25)10-12-32(27,31)11-9-19(26)20(28)29/h3-8,13,19,27,30H,9-12,26H2,1-2H3,(H,28,29)/t19-,21?,32?/m0/s1. The Kier molecular flexibility index (Phi) is 7.75. The van der Waals surface area contributed by atoms with E-state index in [1.54, 1.807) is 0 Å². The van der Waals surface area contributed by atoms with Crippen LogP contribution in [0.3, 0.4) is 0 Å². The number of aliphatic hydroxyl groups is 1. The highest BCUT2D eigenvalue weighted by Crippen LogP contribution is 2.42. The number of carboxylic acid groups (broad SMARTS) is 1. The van der Waals surface area contributed by atoms with Gasteiger partial charge >= 0.3 is 12.1 Å². The smallest absolute Gasteiger partial charge is 0.421 e. The van der Waals surface area contributed by atoms with Crippen LogP contribution in [0, 0.1) is 18.6 Å². The van der Waals surface area contributed by atoms with Gasteiger partial charge in [-0.05, 0) is 42.5 Å². The van der Waals surface area contributed by atoms with E-state index in [0.29, 0.717) is 5.56 Å². The summed E-state index contributed by atoms with van der Waals surface area (Å²) in [6, 6.07) is 9.66. The van der Waals surface area contributed by atoms with Gasteiger partial charge in [0.25, 0.3) is 0 Å². The molecule has 2 unspecified atom stereocenters. The molecule has 2 aromatic rings. The Morgan fingerprint density at radius 1 is 1.12 bits per heavy atom. The van der Waals surface area contributed by atoms with Crippen molar-refractivity contribution in [1.29, 1.82) is 4.78 Å². The number of carbonyl (C=O) groups is 1. The summed E-state index contributed by atoms with van der Waals surface area (Å²) in [5, 5.41) is 19.3. The minimum Gasteiger partial charge on any atom is -0.480 e. The molecule has 0 saturated carbocycles. The number of halogens is 3. The molecular formula is C22H27F3N2O4S.